The Balaban J connectivity index is 0. The molecule has 0 N–H and O–H groups in total. The molecule has 0 spiro atoms. The predicted molar refractivity (Wildman–Crippen MR) is 67.4 cm³/mol. The Morgan fingerprint density at radius 2 is 0.857 bits per heavy atom. The minimum absolute atomic E-state index is 0. The van der Waals surface area contributed by atoms with Gasteiger partial charge < -0.3 is 0 Å². The molecule has 1 radical (unpaired) electrons. The van der Waals surface area contributed by atoms with Crippen molar-refractivity contribution in [3.8, 4) is 0 Å². The summed E-state index contributed by atoms with van der Waals surface area (Å²) in [6.45, 7) is 14.2. The van der Waals surface area contributed by atoms with Crippen LogP contribution in [0.3, 0.4) is 0 Å². The van der Waals surface area contributed by atoms with Gasteiger partial charge in [0.05, 0.1) is 18.5 Å². The zero-order chi connectivity index (χ0) is 10.4. The van der Waals surface area contributed by atoms with Crippen LogP contribution in [0.1, 0.15) is 41.5 Å². The third-order valence-electron chi connectivity index (χ3n) is 2.09. The van der Waals surface area contributed by atoms with Crippen molar-refractivity contribution in [1.82, 2.24) is 0 Å². The first kappa shape index (κ1) is 17.6. The molecule has 0 fully saturated rings. The van der Waals surface area contributed by atoms with Crippen LogP contribution in [-0.2, 0) is 22.4 Å². The predicted octanol–water partition coefficient (Wildman–Crippen LogP) is 4.17. The molecule has 0 heterocycles. The van der Waals surface area contributed by atoms with Crippen LogP contribution in [-0.4, -0.2) is 18.5 Å². The van der Waals surface area contributed by atoms with Crippen molar-refractivity contribution in [1.29, 1.82) is 0 Å². The van der Waals surface area contributed by atoms with Crippen LogP contribution in [0.25, 0.3) is 0 Å². The van der Waals surface area contributed by atoms with Gasteiger partial charge in [0, 0.05) is 30.3 Å². The van der Waals surface area contributed by atoms with E-state index in [0.29, 0.717) is 0 Å². The van der Waals surface area contributed by atoms with Gasteiger partial charge in [-0.25, -0.2) is 0 Å². The summed E-state index contributed by atoms with van der Waals surface area (Å²) in [4.78, 5) is 0. The van der Waals surface area contributed by atoms with Crippen molar-refractivity contribution < 1.29 is 22.4 Å². The van der Waals surface area contributed by atoms with Crippen LogP contribution in [0, 0.1) is 17.8 Å². The van der Waals surface area contributed by atoms with Gasteiger partial charge in [0.2, 0.25) is 0 Å². The largest absolute Gasteiger partial charge is 0.0594 e. The molecule has 0 nitrogen and oxygen atoms in total. The van der Waals surface area contributed by atoms with Gasteiger partial charge in [-0.1, -0.05) is 41.5 Å². The Kier molecular flexibility index (Phi) is 11.8. The van der Waals surface area contributed by atoms with Gasteiger partial charge >= 0.3 is 0 Å². The fourth-order valence-corrected chi connectivity index (χ4v) is 5.95. The smallest absolute Gasteiger partial charge is 0.0593 e. The average Bonchev–Trinajstić information content (AvgIpc) is 1.80. The molecule has 14 heavy (non-hydrogen) atoms. The van der Waals surface area contributed by atoms with Gasteiger partial charge in [0.1, 0.15) is 0 Å². The summed E-state index contributed by atoms with van der Waals surface area (Å²) in [6, 6.07) is 0. The number of rotatable bonds is 6. The van der Waals surface area contributed by atoms with Crippen LogP contribution >= 0.6 is 7.92 Å². The van der Waals surface area contributed by atoms with Gasteiger partial charge in [0.15, 0.2) is 0 Å². The van der Waals surface area contributed by atoms with E-state index in [4.69, 9.17) is 0 Å². The van der Waals surface area contributed by atoms with Gasteiger partial charge in [-0.15, -0.1) is 0 Å². The second-order valence-corrected chi connectivity index (χ2v) is 8.27. The summed E-state index contributed by atoms with van der Waals surface area (Å²) in [7, 11) is -0.0432. The topological polar surface area (TPSA) is 0 Å². The Labute approximate surface area is 108 Å². The quantitative estimate of drug-likeness (QED) is 0.510. The molecule has 0 aliphatic carbocycles. The summed E-state index contributed by atoms with van der Waals surface area (Å²) in [6.07, 6.45) is 4.54. The summed E-state index contributed by atoms with van der Waals surface area (Å²) in [5, 5.41) is 0. The van der Waals surface area contributed by atoms with Gasteiger partial charge in [-0.2, -0.15) is 0 Å². The molecular formula is C12H28AgP+. The molecule has 0 amide bonds. The summed E-state index contributed by atoms with van der Waals surface area (Å²) in [5.74, 6) is 2.73. The Bertz CT molecular complexity index is 97.7. The van der Waals surface area contributed by atoms with E-state index >= 15 is 0 Å². The molecule has 0 bridgehead atoms. The Morgan fingerprint density at radius 1 is 0.643 bits per heavy atom. The molecule has 0 aromatic carbocycles. The minimum Gasteiger partial charge on any atom is -0.0593 e. The fraction of sp³-hybridized carbons (Fsp3) is 1.00. The molecule has 91 valence electrons. The Hall–Kier alpha value is 1.17. The van der Waals surface area contributed by atoms with Crippen LogP contribution in [0.15, 0.2) is 0 Å². The molecule has 0 aromatic heterocycles. The monoisotopic (exact) mass is 310 g/mol. The molecule has 0 saturated carbocycles. The van der Waals surface area contributed by atoms with Gasteiger partial charge in [0.25, 0.3) is 0 Å². The molecule has 0 aliphatic heterocycles. The minimum atomic E-state index is -0.0432. The van der Waals surface area contributed by atoms with E-state index in [1.807, 2.05) is 0 Å². The molecule has 0 rings (SSSR count). The van der Waals surface area contributed by atoms with Gasteiger partial charge in [-0.3, -0.25) is 0 Å². The molecular weight excluding hydrogens is 283 g/mol. The van der Waals surface area contributed by atoms with Crippen molar-refractivity contribution in [2.45, 2.75) is 41.5 Å². The van der Waals surface area contributed by atoms with Crippen molar-refractivity contribution in [2.75, 3.05) is 18.5 Å². The van der Waals surface area contributed by atoms with Crippen LogP contribution < -0.4 is 0 Å². The summed E-state index contributed by atoms with van der Waals surface area (Å²) >= 11 is 0. The van der Waals surface area contributed by atoms with Crippen molar-refractivity contribution >= 4 is 7.92 Å². The first-order chi connectivity index (χ1) is 5.91. The number of hydrogen-bond donors (Lipinski definition) is 0. The number of hydrogen-bond acceptors (Lipinski definition) is 0. The Morgan fingerprint density at radius 3 is 1.00 bits per heavy atom. The van der Waals surface area contributed by atoms with Crippen LogP contribution in [0.5, 0.6) is 0 Å². The molecule has 0 atom stereocenters. The standard InChI is InChI=1S/C12H27P.Ag/c1-10(2)7-13(8-11(3)4)9-12(5)6;/h10-12H,7-9H2,1-6H3;/p+1. The van der Waals surface area contributed by atoms with Crippen LogP contribution in [0.2, 0.25) is 0 Å². The second kappa shape index (κ2) is 9.40. The molecule has 0 aliphatic rings. The SMILES string of the molecule is CC(C)C[PH+](CC(C)C)CC(C)C.[Ag]. The van der Waals surface area contributed by atoms with E-state index in [0.717, 1.165) is 17.8 Å². The zero-order valence-corrected chi connectivity index (χ0v) is 13.1. The molecule has 2 heteroatoms. The van der Waals surface area contributed by atoms with E-state index in [9.17, 15) is 0 Å². The molecule has 0 saturated heterocycles. The maximum Gasteiger partial charge on any atom is 0.0594 e. The normalized spacial score (nSPS) is 11.6. The average molecular weight is 311 g/mol. The van der Waals surface area contributed by atoms with E-state index in [1.165, 1.54) is 18.5 Å². The molecule has 0 aromatic rings. The maximum atomic E-state index is 2.37. The van der Waals surface area contributed by atoms with Crippen LogP contribution in [0.4, 0.5) is 0 Å². The van der Waals surface area contributed by atoms with Crippen molar-refractivity contribution in [3.05, 3.63) is 0 Å². The van der Waals surface area contributed by atoms with E-state index in [2.05, 4.69) is 41.5 Å². The maximum absolute atomic E-state index is 2.37. The first-order valence-corrected chi connectivity index (χ1v) is 7.87. The third kappa shape index (κ3) is 11.2. The summed E-state index contributed by atoms with van der Waals surface area (Å²) < 4.78 is 0. The van der Waals surface area contributed by atoms with Crippen molar-refractivity contribution in [2.24, 2.45) is 17.8 Å². The van der Waals surface area contributed by atoms with E-state index in [1.54, 1.807) is 0 Å². The molecule has 0 unspecified atom stereocenters. The van der Waals surface area contributed by atoms with Crippen molar-refractivity contribution in [3.63, 3.8) is 0 Å². The first-order valence-electron chi connectivity index (χ1n) is 5.75. The zero-order valence-electron chi connectivity index (χ0n) is 10.7. The fourth-order valence-electron chi connectivity index (χ4n) is 1.98. The summed E-state index contributed by atoms with van der Waals surface area (Å²) in [5.41, 5.74) is 0. The van der Waals surface area contributed by atoms with Gasteiger partial charge in [-0.05, 0) is 17.8 Å². The second-order valence-electron chi connectivity index (χ2n) is 5.54. The van der Waals surface area contributed by atoms with E-state index in [-0.39, 0.29) is 30.3 Å². The third-order valence-corrected chi connectivity index (χ3v) is 6.27. The van der Waals surface area contributed by atoms with E-state index < -0.39 is 0 Å².